The number of nitrogens with zero attached hydrogens (tertiary/aromatic N) is 4. The van der Waals surface area contributed by atoms with Gasteiger partial charge in [-0.05, 0) is 109 Å². The first-order valence-corrected chi connectivity index (χ1v) is 18.9. The Morgan fingerprint density at radius 1 is 0.870 bits per heavy atom. The first-order valence-electron chi connectivity index (χ1n) is 16.1. The van der Waals surface area contributed by atoms with Crippen LogP contribution in [0.15, 0.2) is 118 Å². The lowest BCUT2D eigenvalue weighted by Crippen LogP contribution is -2.57. The summed E-state index contributed by atoms with van der Waals surface area (Å²) in [5, 5.41) is 15.9. The molecular formula is C39H25Cl2N5O5S3. The van der Waals surface area contributed by atoms with Gasteiger partial charge in [-0.3, -0.25) is 34.3 Å². The summed E-state index contributed by atoms with van der Waals surface area (Å²) < 4.78 is 1.31. The maximum Gasteiger partial charge on any atom is 0.283 e. The average Bonchev–Trinajstić information content (AvgIpc) is 3.55. The molecule has 0 spiro atoms. The Bertz CT molecular complexity index is 2520. The standard InChI is InChI=1S/C39H25Cl2N5O5S3/c1-21-8-12-26(19-29(21)40)44-36(48)28(37(49)45(39(44)52)27-13-9-22(2)30(41)20-27)16-23-10-15-33(32(17-23)46(50)51)53-38-43-31-14-11-25(18-34(31)54-38)42-35(47)24-6-4-3-5-7-24/h3-20H,1-2H3,(H,42,47). The number of aromatic nitrogens is 1. The second-order valence-electron chi connectivity index (χ2n) is 12.1. The highest BCUT2D eigenvalue weighted by molar-refractivity contribution is 8.01. The topological polar surface area (TPSA) is 126 Å². The molecular weight excluding hydrogens is 786 g/mol. The summed E-state index contributed by atoms with van der Waals surface area (Å²) in [4.78, 5) is 60.0. The van der Waals surface area contributed by atoms with E-state index in [1.807, 2.05) is 19.9 Å². The summed E-state index contributed by atoms with van der Waals surface area (Å²) in [5.41, 5.74) is 3.69. The molecule has 1 N–H and O–H groups in total. The van der Waals surface area contributed by atoms with Gasteiger partial charge in [0.25, 0.3) is 23.4 Å². The monoisotopic (exact) mass is 809 g/mol. The van der Waals surface area contributed by atoms with E-state index < -0.39 is 16.7 Å². The fraction of sp³-hybridized carbons (Fsp3) is 0.0513. The molecule has 2 heterocycles. The van der Waals surface area contributed by atoms with Gasteiger partial charge in [0.05, 0.1) is 31.4 Å². The van der Waals surface area contributed by atoms with Crippen molar-refractivity contribution < 1.29 is 19.3 Å². The molecule has 1 aliphatic heterocycles. The van der Waals surface area contributed by atoms with E-state index in [2.05, 4.69) is 10.3 Å². The molecule has 5 aromatic carbocycles. The Hall–Kier alpha value is -5.44. The molecule has 10 nitrogen and oxygen atoms in total. The van der Waals surface area contributed by atoms with Crippen molar-refractivity contribution in [1.82, 2.24) is 4.98 Å². The molecule has 6 aromatic rings. The number of fused-ring (bicyclic) bond motifs is 1. The van der Waals surface area contributed by atoms with E-state index in [9.17, 15) is 24.5 Å². The lowest BCUT2D eigenvalue weighted by molar-refractivity contribution is -0.387. The zero-order valence-electron chi connectivity index (χ0n) is 28.2. The van der Waals surface area contributed by atoms with Crippen molar-refractivity contribution in [3.8, 4) is 0 Å². The number of nitro groups is 1. The number of carbonyl (C=O) groups excluding carboxylic acids is 3. The van der Waals surface area contributed by atoms with Crippen LogP contribution in [0.25, 0.3) is 16.3 Å². The maximum absolute atomic E-state index is 14.1. The first kappa shape index (κ1) is 36.9. The molecule has 0 saturated carbocycles. The van der Waals surface area contributed by atoms with Gasteiger partial charge in [0.1, 0.15) is 5.57 Å². The van der Waals surface area contributed by atoms with Gasteiger partial charge in [-0.2, -0.15) is 0 Å². The Labute approximate surface area is 332 Å². The van der Waals surface area contributed by atoms with E-state index in [1.54, 1.807) is 91.0 Å². The SMILES string of the molecule is Cc1ccc(N2C(=O)C(=Cc3ccc(Sc4nc5ccc(NC(=O)c6ccccc6)cc5s4)c([N+](=O)[O-])c3)C(=O)N(c3ccc(C)c(Cl)c3)C2=S)cc1Cl. The van der Waals surface area contributed by atoms with Crippen LogP contribution in [-0.2, 0) is 9.59 Å². The molecule has 0 unspecified atom stereocenters. The summed E-state index contributed by atoms with van der Waals surface area (Å²) in [5.74, 6) is -1.71. The molecule has 15 heteroatoms. The fourth-order valence-corrected chi connectivity index (χ4v) is 8.43. The summed E-state index contributed by atoms with van der Waals surface area (Å²) in [6.07, 6.45) is 1.31. The highest BCUT2D eigenvalue weighted by atomic mass is 35.5. The van der Waals surface area contributed by atoms with Gasteiger partial charge in [0.15, 0.2) is 9.45 Å². The van der Waals surface area contributed by atoms with Crippen LogP contribution in [0.4, 0.5) is 22.7 Å². The average molecular weight is 811 g/mol. The predicted octanol–water partition coefficient (Wildman–Crippen LogP) is 10.3. The number of thiocarbonyl (C=S) groups is 1. The lowest BCUT2D eigenvalue weighted by Gasteiger charge is -2.36. The van der Waals surface area contributed by atoms with Crippen molar-refractivity contribution in [2.24, 2.45) is 0 Å². The van der Waals surface area contributed by atoms with Gasteiger partial charge in [-0.1, -0.05) is 71.4 Å². The van der Waals surface area contributed by atoms with Gasteiger partial charge in [0.2, 0.25) is 0 Å². The number of halogens is 2. The largest absolute Gasteiger partial charge is 0.322 e. The van der Waals surface area contributed by atoms with Crippen LogP contribution < -0.4 is 15.1 Å². The van der Waals surface area contributed by atoms with E-state index in [0.29, 0.717) is 47.4 Å². The number of benzene rings is 5. The van der Waals surface area contributed by atoms with E-state index >= 15 is 0 Å². The van der Waals surface area contributed by atoms with Crippen molar-refractivity contribution in [3.05, 3.63) is 151 Å². The van der Waals surface area contributed by atoms with Gasteiger partial charge in [-0.15, -0.1) is 11.3 Å². The van der Waals surface area contributed by atoms with Crippen LogP contribution >= 0.6 is 58.5 Å². The Morgan fingerprint density at radius 3 is 2.09 bits per heavy atom. The van der Waals surface area contributed by atoms with Crippen LogP contribution in [0.1, 0.15) is 27.0 Å². The Kier molecular flexibility index (Phi) is 10.3. The number of nitrogens with one attached hydrogen (secondary N) is 1. The molecule has 54 heavy (non-hydrogen) atoms. The highest BCUT2D eigenvalue weighted by Crippen LogP contribution is 2.40. The number of rotatable bonds is 8. The Morgan fingerprint density at radius 2 is 1.50 bits per heavy atom. The summed E-state index contributed by atoms with van der Waals surface area (Å²) in [6.45, 7) is 3.63. The number of amides is 3. The number of aryl methyl sites for hydroxylation is 2. The predicted molar refractivity (Wildman–Crippen MR) is 219 cm³/mol. The van der Waals surface area contributed by atoms with E-state index in [-0.39, 0.29) is 27.8 Å². The minimum absolute atomic E-state index is 0.110. The normalized spacial score (nSPS) is 13.1. The van der Waals surface area contributed by atoms with Crippen molar-refractivity contribution in [3.63, 3.8) is 0 Å². The second-order valence-corrected chi connectivity index (χ2v) is 15.6. The third-order valence-corrected chi connectivity index (χ3v) is 11.8. The molecule has 7 rings (SSSR count). The highest BCUT2D eigenvalue weighted by Gasteiger charge is 2.41. The number of carbonyl (C=O) groups is 3. The van der Waals surface area contributed by atoms with Gasteiger partial charge in [-0.25, -0.2) is 4.98 Å². The first-order chi connectivity index (χ1) is 25.9. The summed E-state index contributed by atoms with van der Waals surface area (Å²) >= 11 is 21.0. The molecule has 1 fully saturated rings. The van der Waals surface area contributed by atoms with Crippen LogP contribution in [0.5, 0.6) is 0 Å². The Balaban J connectivity index is 1.21. The van der Waals surface area contributed by atoms with Gasteiger partial charge >= 0.3 is 0 Å². The molecule has 268 valence electrons. The van der Waals surface area contributed by atoms with E-state index in [0.717, 1.165) is 27.6 Å². The third-order valence-electron chi connectivity index (χ3n) is 8.43. The smallest absolute Gasteiger partial charge is 0.283 e. The van der Waals surface area contributed by atoms with Crippen LogP contribution in [-0.4, -0.2) is 32.7 Å². The van der Waals surface area contributed by atoms with Gasteiger partial charge < -0.3 is 5.32 Å². The number of hydrogen-bond acceptors (Lipinski definition) is 9. The third kappa shape index (κ3) is 7.36. The number of anilines is 3. The number of hydrogen-bond donors (Lipinski definition) is 1. The zero-order valence-corrected chi connectivity index (χ0v) is 32.2. The van der Waals surface area contributed by atoms with Crippen molar-refractivity contribution in [1.29, 1.82) is 0 Å². The lowest BCUT2D eigenvalue weighted by atomic mass is 10.0. The fourth-order valence-electron chi connectivity index (χ4n) is 5.56. The molecule has 0 bridgehead atoms. The quantitative estimate of drug-likeness (QED) is 0.0530. The molecule has 3 amide bonds. The molecule has 1 saturated heterocycles. The van der Waals surface area contributed by atoms with Crippen LogP contribution in [0.3, 0.4) is 0 Å². The molecule has 1 aliphatic rings. The number of thiazole rings is 1. The summed E-state index contributed by atoms with van der Waals surface area (Å²) in [6, 6.07) is 28.5. The van der Waals surface area contributed by atoms with Crippen LogP contribution in [0.2, 0.25) is 10.0 Å². The van der Waals surface area contributed by atoms with Crippen molar-refractivity contribution in [2.75, 3.05) is 15.1 Å². The van der Waals surface area contributed by atoms with Crippen LogP contribution in [0, 0.1) is 24.0 Å². The minimum atomic E-state index is -0.728. The zero-order chi connectivity index (χ0) is 38.3. The number of nitro benzene ring substituents is 1. The molecule has 0 atom stereocenters. The maximum atomic E-state index is 14.1. The van der Waals surface area contributed by atoms with Crippen molar-refractivity contribution in [2.45, 2.75) is 23.1 Å². The second kappa shape index (κ2) is 15.1. The van der Waals surface area contributed by atoms with E-state index in [1.165, 1.54) is 33.3 Å². The summed E-state index contributed by atoms with van der Waals surface area (Å²) in [7, 11) is 0. The molecule has 1 aromatic heterocycles. The van der Waals surface area contributed by atoms with Gasteiger partial charge in [0, 0.05) is 27.4 Å². The van der Waals surface area contributed by atoms with E-state index in [4.69, 9.17) is 35.4 Å². The molecule has 0 aliphatic carbocycles. The minimum Gasteiger partial charge on any atom is -0.322 e. The van der Waals surface area contributed by atoms with Crippen molar-refractivity contribution >= 4 is 120 Å². The molecule has 0 radical (unpaired) electrons.